The van der Waals surface area contributed by atoms with Crippen LogP contribution in [0.4, 0.5) is 0 Å². The Kier molecular flexibility index (Phi) is 7.75. The molecule has 0 saturated carbocycles. The zero-order chi connectivity index (χ0) is 27.9. The lowest BCUT2D eigenvalue weighted by Gasteiger charge is -2.34. The number of nitrogens with zero attached hydrogens (tertiary/aromatic N) is 10. The number of hydrogen-bond donors (Lipinski definition) is 0. The molecule has 3 heterocycles. The van der Waals surface area contributed by atoms with Gasteiger partial charge in [-0.05, 0) is 69.4 Å². The number of piperazine rings is 1. The summed E-state index contributed by atoms with van der Waals surface area (Å²) in [7, 11) is 0. The molecule has 16 nitrogen and oxygen atoms in total. The SMILES string of the molecule is O=C(OCC(=O)N1CCN(C(=O)COC(=O)c2ccc(-n3cnnn3)cc2)CC1)c1ccc(-n2cnnn2)cc1. The van der Waals surface area contributed by atoms with Gasteiger partial charge < -0.3 is 19.3 Å². The first kappa shape index (κ1) is 26.1. The van der Waals surface area contributed by atoms with E-state index in [1.165, 1.54) is 31.8 Å². The molecule has 204 valence electrons. The van der Waals surface area contributed by atoms with Crippen LogP contribution < -0.4 is 0 Å². The third-order valence-electron chi connectivity index (χ3n) is 6.07. The van der Waals surface area contributed by atoms with E-state index in [1.54, 1.807) is 48.5 Å². The van der Waals surface area contributed by atoms with Crippen LogP contribution in [0.3, 0.4) is 0 Å². The highest BCUT2D eigenvalue weighted by Crippen LogP contribution is 2.11. The van der Waals surface area contributed by atoms with E-state index in [2.05, 4.69) is 31.1 Å². The van der Waals surface area contributed by atoms with Crippen molar-refractivity contribution >= 4 is 23.8 Å². The van der Waals surface area contributed by atoms with Crippen molar-refractivity contribution in [2.45, 2.75) is 0 Å². The van der Waals surface area contributed by atoms with Crippen molar-refractivity contribution in [2.24, 2.45) is 0 Å². The molecule has 1 saturated heterocycles. The third kappa shape index (κ3) is 6.12. The van der Waals surface area contributed by atoms with E-state index in [0.29, 0.717) is 11.4 Å². The second-order valence-electron chi connectivity index (χ2n) is 8.52. The van der Waals surface area contributed by atoms with Gasteiger partial charge in [-0.3, -0.25) is 9.59 Å². The quantitative estimate of drug-likeness (QED) is 0.255. The summed E-state index contributed by atoms with van der Waals surface area (Å²) in [5, 5.41) is 21.7. The monoisotopic (exact) mass is 546 g/mol. The molecule has 2 amide bonds. The molecule has 0 bridgehead atoms. The van der Waals surface area contributed by atoms with Gasteiger partial charge in [0.2, 0.25) is 0 Å². The number of rotatable bonds is 8. The average Bonchev–Trinajstić information content (AvgIpc) is 3.74. The van der Waals surface area contributed by atoms with Crippen LogP contribution in [-0.2, 0) is 19.1 Å². The first-order valence-corrected chi connectivity index (χ1v) is 12.0. The second kappa shape index (κ2) is 11.9. The van der Waals surface area contributed by atoms with Crippen LogP contribution in [0, 0.1) is 0 Å². The number of hydrogen-bond acceptors (Lipinski definition) is 12. The van der Waals surface area contributed by atoms with Crippen LogP contribution in [0.1, 0.15) is 20.7 Å². The smallest absolute Gasteiger partial charge is 0.338 e. The molecule has 0 atom stereocenters. The summed E-state index contributed by atoms with van der Waals surface area (Å²) >= 11 is 0. The van der Waals surface area contributed by atoms with E-state index in [4.69, 9.17) is 9.47 Å². The summed E-state index contributed by atoms with van der Waals surface area (Å²) < 4.78 is 13.2. The first-order valence-electron chi connectivity index (χ1n) is 12.0. The predicted molar refractivity (Wildman–Crippen MR) is 132 cm³/mol. The molecule has 40 heavy (non-hydrogen) atoms. The molecule has 4 aromatic rings. The first-order chi connectivity index (χ1) is 19.5. The van der Waals surface area contributed by atoms with E-state index >= 15 is 0 Å². The lowest BCUT2D eigenvalue weighted by atomic mass is 10.2. The lowest BCUT2D eigenvalue weighted by molar-refractivity contribution is -0.142. The van der Waals surface area contributed by atoms with Gasteiger partial charge in [0.05, 0.1) is 22.5 Å². The Labute approximate surface area is 226 Å². The summed E-state index contributed by atoms with van der Waals surface area (Å²) in [6.45, 7) is 0.186. The molecule has 5 rings (SSSR count). The van der Waals surface area contributed by atoms with Gasteiger partial charge in [0.15, 0.2) is 13.2 Å². The van der Waals surface area contributed by atoms with Crippen LogP contribution in [0.5, 0.6) is 0 Å². The summed E-state index contributed by atoms with van der Waals surface area (Å²) in [5.41, 5.74) is 1.88. The van der Waals surface area contributed by atoms with Gasteiger partial charge in [0.25, 0.3) is 11.8 Å². The Bertz CT molecular complexity index is 1350. The van der Waals surface area contributed by atoms with Gasteiger partial charge >= 0.3 is 11.9 Å². The van der Waals surface area contributed by atoms with Crippen LogP contribution in [0.2, 0.25) is 0 Å². The summed E-state index contributed by atoms with van der Waals surface area (Å²) in [6, 6.07) is 12.8. The Hall–Kier alpha value is -5.54. The number of aromatic nitrogens is 8. The molecule has 0 spiro atoms. The minimum Gasteiger partial charge on any atom is -0.452 e. The molecule has 1 aliphatic rings. The topological polar surface area (TPSA) is 180 Å². The van der Waals surface area contributed by atoms with Gasteiger partial charge in [-0.15, -0.1) is 10.2 Å². The molecular weight excluding hydrogens is 524 g/mol. The molecule has 1 fully saturated rings. The standard InChI is InChI=1S/C24H22N10O6/c35-21(13-39-23(37)17-1-5-19(6-2-17)33-15-25-27-29-33)31-9-11-32(12-10-31)22(36)14-40-24(38)18-3-7-20(8-4-18)34-16-26-28-30-34/h1-8,15-16H,9-14H2. The third-order valence-corrected chi connectivity index (χ3v) is 6.07. The Balaban J connectivity index is 1.02. The number of ether oxygens (including phenoxy) is 2. The fourth-order valence-electron chi connectivity index (χ4n) is 3.87. The summed E-state index contributed by atoms with van der Waals surface area (Å²) in [5.74, 6) is -2.03. The number of carbonyl (C=O) groups excluding carboxylic acids is 4. The number of benzene rings is 2. The highest BCUT2D eigenvalue weighted by molar-refractivity contribution is 5.92. The average molecular weight is 547 g/mol. The Morgan fingerprint density at radius 3 is 1.30 bits per heavy atom. The van der Waals surface area contributed by atoms with Gasteiger partial charge in [-0.25, -0.2) is 19.0 Å². The molecule has 0 radical (unpaired) electrons. The van der Waals surface area contributed by atoms with Gasteiger partial charge in [-0.1, -0.05) is 0 Å². The fourth-order valence-corrected chi connectivity index (χ4v) is 3.87. The number of esters is 2. The van der Waals surface area contributed by atoms with Crippen molar-refractivity contribution in [1.82, 2.24) is 50.2 Å². The minimum atomic E-state index is -0.641. The van der Waals surface area contributed by atoms with Gasteiger partial charge in [0, 0.05) is 26.2 Å². The van der Waals surface area contributed by atoms with E-state index in [9.17, 15) is 19.2 Å². The normalized spacial score (nSPS) is 13.1. The number of carbonyl (C=O) groups is 4. The van der Waals surface area contributed by atoms with E-state index in [1.807, 2.05) is 0 Å². The molecule has 0 unspecified atom stereocenters. The fraction of sp³-hybridized carbons (Fsp3) is 0.250. The van der Waals surface area contributed by atoms with Crippen molar-refractivity contribution in [3.63, 3.8) is 0 Å². The second-order valence-corrected chi connectivity index (χ2v) is 8.52. The van der Waals surface area contributed by atoms with Crippen molar-refractivity contribution in [2.75, 3.05) is 39.4 Å². The lowest BCUT2D eigenvalue weighted by Crippen LogP contribution is -2.52. The zero-order valence-electron chi connectivity index (χ0n) is 20.9. The van der Waals surface area contributed by atoms with Gasteiger partial charge in [0.1, 0.15) is 12.7 Å². The molecular formula is C24H22N10O6. The highest BCUT2D eigenvalue weighted by Gasteiger charge is 2.25. The molecule has 2 aromatic heterocycles. The zero-order valence-corrected chi connectivity index (χ0v) is 20.9. The summed E-state index contributed by atoms with van der Waals surface area (Å²) in [6.07, 6.45) is 2.85. The number of amides is 2. The van der Waals surface area contributed by atoms with Crippen molar-refractivity contribution < 1.29 is 28.7 Å². The maximum atomic E-state index is 12.5. The molecule has 0 N–H and O–H groups in total. The van der Waals surface area contributed by atoms with Crippen molar-refractivity contribution in [3.05, 3.63) is 72.3 Å². The summed E-state index contributed by atoms with van der Waals surface area (Å²) in [4.78, 5) is 52.7. The molecule has 16 heteroatoms. The highest BCUT2D eigenvalue weighted by atomic mass is 16.5. The maximum Gasteiger partial charge on any atom is 0.338 e. The van der Waals surface area contributed by atoms with Gasteiger partial charge in [-0.2, -0.15) is 0 Å². The Morgan fingerprint density at radius 1 is 0.600 bits per heavy atom. The molecule has 1 aliphatic heterocycles. The maximum absolute atomic E-state index is 12.5. The van der Waals surface area contributed by atoms with Crippen LogP contribution >= 0.6 is 0 Å². The largest absolute Gasteiger partial charge is 0.452 e. The molecule has 0 aliphatic carbocycles. The minimum absolute atomic E-state index is 0.259. The van der Waals surface area contributed by atoms with Crippen LogP contribution in [0.15, 0.2) is 61.2 Å². The van der Waals surface area contributed by atoms with Crippen LogP contribution in [0.25, 0.3) is 11.4 Å². The van der Waals surface area contributed by atoms with E-state index in [0.717, 1.165) is 0 Å². The van der Waals surface area contributed by atoms with Crippen molar-refractivity contribution in [3.8, 4) is 11.4 Å². The van der Waals surface area contributed by atoms with Crippen molar-refractivity contribution in [1.29, 1.82) is 0 Å². The van der Waals surface area contributed by atoms with E-state index in [-0.39, 0.29) is 49.1 Å². The van der Waals surface area contributed by atoms with E-state index < -0.39 is 25.2 Å². The van der Waals surface area contributed by atoms with Crippen LogP contribution in [-0.4, -0.2) is 113 Å². The molecule has 2 aromatic carbocycles. The Morgan fingerprint density at radius 2 is 0.975 bits per heavy atom. The predicted octanol–water partition coefficient (Wildman–Crippen LogP) is -0.677. The number of tetrazole rings is 2.